The number of aryl methyl sites for hydroxylation is 1. The lowest BCUT2D eigenvalue weighted by Gasteiger charge is -2.23. The van der Waals surface area contributed by atoms with Crippen LogP contribution < -0.4 is 9.47 Å². The van der Waals surface area contributed by atoms with E-state index in [4.69, 9.17) is 14.2 Å². The van der Waals surface area contributed by atoms with E-state index in [0.29, 0.717) is 30.9 Å². The van der Waals surface area contributed by atoms with Gasteiger partial charge in [0.05, 0.1) is 0 Å². The fourth-order valence-electron chi connectivity index (χ4n) is 3.41. The van der Waals surface area contributed by atoms with Crippen molar-refractivity contribution in [3.63, 3.8) is 0 Å². The Hall–Kier alpha value is -2.57. The fourth-order valence-corrected chi connectivity index (χ4v) is 3.41. The first kappa shape index (κ1) is 21.1. The zero-order valence-electron chi connectivity index (χ0n) is 16.7. The van der Waals surface area contributed by atoms with Crippen LogP contribution in [0.5, 0.6) is 11.5 Å². The third-order valence-corrected chi connectivity index (χ3v) is 5.10. The molecule has 1 fully saturated rings. The van der Waals surface area contributed by atoms with E-state index in [1.54, 1.807) is 12.1 Å². The number of rotatable bonds is 10. The summed E-state index contributed by atoms with van der Waals surface area (Å²) in [6, 6.07) is 15.0. The van der Waals surface area contributed by atoms with Crippen LogP contribution in [0.1, 0.15) is 30.9 Å². The van der Waals surface area contributed by atoms with Crippen molar-refractivity contribution in [3.8, 4) is 11.5 Å². The number of ether oxygens (including phenoxy) is 3. The van der Waals surface area contributed by atoms with Gasteiger partial charge in [0.2, 0.25) is 0 Å². The van der Waals surface area contributed by atoms with Crippen molar-refractivity contribution < 1.29 is 29.2 Å². The summed E-state index contributed by atoms with van der Waals surface area (Å²) in [7, 11) is 0. The number of carboxylic acids is 1. The molecule has 29 heavy (non-hydrogen) atoms. The summed E-state index contributed by atoms with van der Waals surface area (Å²) in [6.07, 6.45) is 1.72. The standard InChI is InChI=1S/C23H28O6/c1-2-17-7-9-20(10-8-17)27-15-19(24)16-28-21-6-3-5-18(13-21)14-23(22(25)26)11-4-12-29-23/h3,5-10,13,19,24H,2,4,11-12,14-16H2,1H3,(H,25,26)/t19-,23?/m0/s1. The van der Waals surface area contributed by atoms with Gasteiger partial charge in [-0.05, 0) is 54.7 Å². The first-order chi connectivity index (χ1) is 14.0. The molecule has 2 atom stereocenters. The van der Waals surface area contributed by atoms with Crippen LogP contribution in [0.2, 0.25) is 0 Å². The second-order valence-corrected chi connectivity index (χ2v) is 7.35. The summed E-state index contributed by atoms with van der Waals surface area (Å²) in [5, 5.41) is 19.7. The molecule has 6 heteroatoms. The molecule has 156 valence electrons. The SMILES string of the molecule is CCc1ccc(OC[C@H](O)COc2cccc(CC3(C(=O)O)CCCO3)c2)cc1. The molecule has 1 heterocycles. The number of aliphatic hydroxyl groups excluding tert-OH is 1. The fraction of sp³-hybridized carbons (Fsp3) is 0.435. The highest BCUT2D eigenvalue weighted by atomic mass is 16.5. The summed E-state index contributed by atoms with van der Waals surface area (Å²) < 4.78 is 16.8. The second-order valence-electron chi connectivity index (χ2n) is 7.35. The first-order valence-electron chi connectivity index (χ1n) is 9.99. The van der Waals surface area contributed by atoms with E-state index in [1.165, 1.54) is 5.56 Å². The Bertz CT molecular complexity index is 795. The van der Waals surface area contributed by atoms with Gasteiger partial charge in [0.15, 0.2) is 5.60 Å². The van der Waals surface area contributed by atoms with Crippen LogP contribution in [0.25, 0.3) is 0 Å². The molecule has 0 radical (unpaired) electrons. The van der Waals surface area contributed by atoms with Gasteiger partial charge in [-0.15, -0.1) is 0 Å². The smallest absolute Gasteiger partial charge is 0.336 e. The lowest BCUT2D eigenvalue weighted by atomic mass is 9.91. The molecule has 1 aliphatic rings. The van der Waals surface area contributed by atoms with E-state index in [-0.39, 0.29) is 13.2 Å². The highest BCUT2D eigenvalue weighted by Gasteiger charge is 2.42. The molecule has 2 aromatic carbocycles. The Morgan fingerprint density at radius 3 is 2.45 bits per heavy atom. The number of carbonyl (C=O) groups is 1. The van der Waals surface area contributed by atoms with Crippen molar-refractivity contribution in [2.75, 3.05) is 19.8 Å². The van der Waals surface area contributed by atoms with Crippen molar-refractivity contribution in [2.24, 2.45) is 0 Å². The van der Waals surface area contributed by atoms with Gasteiger partial charge in [0.1, 0.15) is 30.8 Å². The third-order valence-electron chi connectivity index (χ3n) is 5.10. The van der Waals surface area contributed by atoms with Crippen LogP contribution in [0.4, 0.5) is 0 Å². The number of hydrogen-bond acceptors (Lipinski definition) is 5. The van der Waals surface area contributed by atoms with Gasteiger partial charge in [0.25, 0.3) is 0 Å². The molecule has 0 aromatic heterocycles. The Balaban J connectivity index is 1.50. The molecule has 1 saturated heterocycles. The molecule has 1 aliphatic heterocycles. The van der Waals surface area contributed by atoms with Crippen molar-refractivity contribution in [3.05, 3.63) is 59.7 Å². The first-order valence-corrected chi connectivity index (χ1v) is 9.99. The van der Waals surface area contributed by atoms with Crippen LogP contribution >= 0.6 is 0 Å². The lowest BCUT2D eigenvalue weighted by molar-refractivity contribution is -0.159. The van der Waals surface area contributed by atoms with Crippen LogP contribution in [0.15, 0.2) is 48.5 Å². The highest BCUT2D eigenvalue weighted by molar-refractivity contribution is 5.78. The highest BCUT2D eigenvalue weighted by Crippen LogP contribution is 2.31. The summed E-state index contributed by atoms with van der Waals surface area (Å²) in [6.45, 7) is 2.77. The second kappa shape index (κ2) is 9.76. The molecule has 0 amide bonds. The van der Waals surface area contributed by atoms with Crippen molar-refractivity contribution >= 4 is 5.97 Å². The van der Waals surface area contributed by atoms with Crippen LogP contribution in [0, 0.1) is 0 Å². The molecule has 2 aromatic rings. The Morgan fingerprint density at radius 2 is 1.83 bits per heavy atom. The number of aliphatic hydroxyl groups is 1. The molecule has 0 aliphatic carbocycles. The van der Waals surface area contributed by atoms with Gasteiger partial charge in [-0.25, -0.2) is 4.79 Å². The predicted molar refractivity (Wildman–Crippen MR) is 109 cm³/mol. The summed E-state index contributed by atoms with van der Waals surface area (Å²) in [5.41, 5.74) is 0.904. The molecule has 6 nitrogen and oxygen atoms in total. The Kier molecular flexibility index (Phi) is 7.12. The van der Waals surface area contributed by atoms with Crippen LogP contribution in [-0.2, 0) is 22.4 Å². The molecule has 1 unspecified atom stereocenters. The van der Waals surface area contributed by atoms with Gasteiger partial charge in [-0.1, -0.05) is 31.2 Å². The Labute approximate surface area is 171 Å². The molecule has 3 rings (SSSR count). The summed E-state index contributed by atoms with van der Waals surface area (Å²) in [4.78, 5) is 11.6. The summed E-state index contributed by atoms with van der Waals surface area (Å²) >= 11 is 0. The van der Waals surface area contributed by atoms with E-state index in [9.17, 15) is 15.0 Å². The van der Waals surface area contributed by atoms with Gasteiger partial charge < -0.3 is 24.4 Å². The van der Waals surface area contributed by atoms with E-state index in [1.807, 2.05) is 36.4 Å². The zero-order valence-corrected chi connectivity index (χ0v) is 16.7. The van der Waals surface area contributed by atoms with E-state index in [0.717, 1.165) is 18.4 Å². The van der Waals surface area contributed by atoms with Gasteiger partial charge in [-0.2, -0.15) is 0 Å². The molecule has 0 spiro atoms. The molecule has 0 bridgehead atoms. The molecular formula is C23H28O6. The monoisotopic (exact) mass is 400 g/mol. The largest absolute Gasteiger partial charge is 0.491 e. The molecular weight excluding hydrogens is 372 g/mol. The maximum atomic E-state index is 11.6. The van der Waals surface area contributed by atoms with Crippen molar-refractivity contribution in [1.29, 1.82) is 0 Å². The average Bonchev–Trinajstić information content (AvgIpc) is 3.21. The van der Waals surface area contributed by atoms with E-state index < -0.39 is 17.7 Å². The predicted octanol–water partition coefficient (Wildman–Crippen LogP) is 3.24. The Morgan fingerprint density at radius 1 is 1.10 bits per heavy atom. The number of carboxylic acid groups (broad SMARTS) is 1. The zero-order chi connectivity index (χ0) is 20.7. The average molecular weight is 400 g/mol. The minimum absolute atomic E-state index is 0.0804. The summed E-state index contributed by atoms with van der Waals surface area (Å²) in [5.74, 6) is 0.354. The quantitative estimate of drug-likeness (QED) is 0.637. The maximum absolute atomic E-state index is 11.6. The lowest BCUT2D eigenvalue weighted by Crippen LogP contribution is -2.40. The van der Waals surface area contributed by atoms with Crippen molar-refractivity contribution in [2.45, 2.75) is 44.3 Å². The number of benzene rings is 2. The van der Waals surface area contributed by atoms with E-state index in [2.05, 4.69) is 6.92 Å². The van der Waals surface area contributed by atoms with Gasteiger partial charge >= 0.3 is 5.97 Å². The number of aliphatic carboxylic acids is 1. The third kappa shape index (κ3) is 5.71. The number of hydrogen-bond donors (Lipinski definition) is 2. The normalized spacial score (nSPS) is 19.7. The molecule has 0 saturated carbocycles. The van der Waals surface area contributed by atoms with E-state index >= 15 is 0 Å². The topological polar surface area (TPSA) is 85.2 Å². The van der Waals surface area contributed by atoms with Crippen LogP contribution in [0.3, 0.4) is 0 Å². The minimum Gasteiger partial charge on any atom is -0.491 e. The van der Waals surface area contributed by atoms with Gasteiger partial charge in [-0.3, -0.25) is 0 Å². The van der Waals surface area contributed by atoms with Crippen LogP contribution in [-0.4, -0.2) is 47.7 Å². The van der Waals surface area contributed by atoms with Gasteiger partial charge in [0, 0.05) is 13.0 Å². The molecule has 2 N–H and O–H groups in total. The van der Waals surface area contributed by atoms with Crippen molar-refractivity contribution in [1.82, 2.24) is 0 Å². The minimum atomic E-state index is -1.15. The maximum Gasteiger partial charge on any atom is 0.336 e.